The van der Waals surface area contributed by atoms with E-state index in [1.807, 2.05) is 6.92 Å². The fourth-order valence-corrected chi connectivity index (χ4v) is 1.84. The van der Waals surface area contributed by atoms with Gasteiger partial charge < -0.3 is 5.32 Å². The first-order chi connectivity index (χ1) is 6.24. The first-order valence-electron chi connectivity index (χ1n) is 5.01. The molecule has 1 rings (SSSR count). The van der Waals surface area contributed by atoms with Gasteiger partial charge in [-0.3, -0.25) is 0 Å². The zero-order valence-corrected chi connectivity index (χ0v) is 8.34. The summed E-state index contributed by atoms with van der Waals surface area (Å²) in [6, 6.07) is 2.78. The number of nitrogens with zero attached hydrogens (tertiary/aromatic N) is 1. The van der Waals surface area contributed by atoms with Crippen LogP contribution in [0.15, 0.2) is 12.2 Å². The van der Waals surface area contributed by atoms with E-state index in [1.165, 1.54) is 12.8 Å². The van der Waals surface area contributed by atoms with Gasteiger partial charge in [0.05, 0.1) is 12.0 Å². The smallest absolute Gasteiger partial charge is 0.0672 e. The van der Waals surface area contributed by atoms with Gasteiger partial charge in [0.15, 0.2) is 0 Å². The quantitative estimate of drug-likeness (QED) is 0.673. The summed E-state index contributed by atoms with van der Waals surface area (Å²) in [5, 5.41) is 12.3. The highest BCUT2D eigenvalue weighted by Gasteiger charge is 2.23. The normalized spacial score (nSPS) is 28.0. The molecule has 0 aliphatic heterocycles. The molecule has 2 unspecified atom stereocenters. The molecular formula is C11H18N2. The van der Waals surface area contributed by atoms with Gasteiger partial charge in [-0.15, -0.1) is 0 Å². The van der Waals surface area contributed by atoms with Crippen molar-refractivity contribution in [1.29, 1.82) is 5.26 Å². The SMILES string of the molecule is C=C(C)CNC1CCCCC1C#N. The number of nitriles is 1. The van der Waals surface area contributed by atoms with Crippen LogP contribution in [0.25, 0.3) is 0 Å². The van der Waals surface area contributed by atoms with Gasteiger partial charge in [0.2, 0.25) is 0 Å². The molecule has 0 amide bonds. The van der Waals surface area contributed by atoms with Crippen molar-refractivity contribution in [1.82, 2.24) is 5.32 Å². The largest absolute Gasteiger partial charge is 0.309 e. The van der Waals surface area contributed by atoms with Crippen LogP contribution in [-0.4, -0.2) is 12.6 Å². The second kappa shape index (κ2) is 5.04. The highest BCUT2D eigenvalue weighted by atomic mass is 14.9. The summed E-state index contributed by atoms with van der Waals surface area (Å²) in [6.07, 6.45) is 4.67. The molecule has 0 aromatic rings. The molecule has 72 valence electrons. The van der Waals surface area contributed by atoms with Crippen molar-refractivity contribution in [2.75, 3.05) is 6.54 Å². The monoisotopic (exact) mass is 178 g/mol. The minimum Gasteiger partial charge on any atom is -0.309 e. The van der Waals surface area contributed by atoms with Crippen LogP contribution in [0.4, 0.5) is 0 Å². The molecule has 0 spiro atoms. The highest BCUT2D eigenvalue weighted by Crippen LogP contribution is 2.23. The Labute approximate surface area is 80.6 Å². The van der Waals surface area contributed by atoms with Gasteiger partial charge >= 0.3 is 0 Å². The van der Waals surface area contributed by atoms with Crippen molar-refractivity contribution >= 4 is 0 Å². The van der Waals surface area contributed by atoms with Crippen molar-refractivity contribution in [2.45, 2.75) is 38.6 Å². The fraction of sp³-hybridized carbons (Fsp3) is 0.727. The first-order valence-corrected chi connectivity index (χ1v) is 5.01. The molecule has 13 heavy (non-hydrogen) atoms. The maximum Gasteiger partial charge on any atom is 0.0672 e. The summed E-state index contributed by atoms with van der Waals surface area (Å²) in [6.45, 7) is 6.71. The lowest BCUT2D eigenvalue weighted by Gasteiger charge is -2.27. The Hall–Kier alpha value is -0.810. The average Bonchev–Trinajstić information content (AvgIpc) is 2.15. The van der Waals surface area contributed by atoms with Crippen LogP contribution in [-0.2, 0) is 0 Å². The van der Waals surface area contributed by atoms with Crippen molar-refractivity contribution in [3.63, 3.8) is 0 Å². The van der Waals surface area contributed by atoms with Crippen molar-refractivity contribution in [3.05, 3.63) is 12.2 Å². The zero-order chi connectivity index (χ0) is 9.68. The van der Waals surface area contributed by atoms with E-state index in [-0.39, 0.29) is 5.92 Å². The second-order valence-corrected chi connectivity index (χ2v) is 3.96. The summed E-state index contributed by atoms with van der Waals surface area (Å²) in [5.41, 5.74) is 1.14. The van der Waals surface area contributed by atoms with E-state index >= 15 is 0 Å². The van der Waals surface area contributed by atoms with Crippen LogP contribution in [0.1, 0.15) is 32.6 Å². The lowest BCUT2D eigenvalue weighted by atomic mass is 9.85. The lowest BCUT2D eigenvalue weighted by molar-refractivity contribution is 0.319. The second-order valence-electron chi connectivity index (χ2n) is 3.96. The Kier molecular flexibility index (Phi) is 3.98. The summed E-state index contributed by atoms with van der Waals surface area (Å²) in [7, 11) is 0. The van der Waals surface area contributed by atoms with Crippen LogP contribution >= 0.6 is 0 Å². The third kappa shape index (κ3) is 3.20. The Morgan fingerprint density at radius 2 is 2.23 bits per heavy atom. The van der Waals surface area contributed by atoms with Gasteiger partial charge in [0, 0.05) is 12.6 Å². The molecule has 0 aromatic carbocycles. The van der Waals surface area contributed by atoms with Crippen LogP contribution in [0.5, 0.6) is 0 Å². The molecule has 2 heteroatoms. The molecule has 1 N–H and O–H groups in total. The van der Waals surface area contributed by atoms with Crippen LogP contribution in [0, 0.1) is 17.2 Å². The van der Waals surface area contributed by atoms with E-state index in [0.717, 1.165) is 25.0 Å². The summed E-state index contributed by atoms with van der Waals surface area (Å²) >= 11 is 0. The Morgan fingerprint density at radius 1 is 1.54 bits per heavy atom. The maximum absolute atomic E-state index is 8.91. The van der Waals surface area contributed by atoms with E-state index in [4.69, 9.17) is 5.26 Å². The number of hydrogen-bond donors (Lipinski definition) is 1. The standard InChI is InChI=1S/C11H18N2/c1-9(2)8-13-11-6-4-3-5-10(11)7-12/h10-11,13H,1,3-6,8H2,2H3. The molecular weight excluding hydrogens is 160 g/mol. The van der Waals surface area contributed by atoms with E-state index < -0.39 is 0 Å². The number of hydrogen-bond acceptors (Lipinski definition) is 2. The third-order valence-electron chi connectivity index (χ3n) is 2.60. The van der Waals surface area contributed by atoms with Gasteiger partial charge in [0.25, 0.3) is 0 Å². The summed E-state index contributed by atoms with van der Waals surface area (Å²) in [5.74, 6) is 0.216. The Balaban J connectivity index is 2.37. The van der Waals surface area contributed by atoms with Gasteiger partial charge in [-0.2, -0.15) is 5.26 Å². The molecule has 1 aliphatic carbocycles. The molecule has 2 nitrogen and oxygen atoms in total. The highest BCUT2D eigenvalue weighted by molar-refractivity contribution is 4.98. The fourth-order valence-electron chi connectivity index (χ4n) is 1.84. The number of nitrogens with one attached hydrogen (secondary N) is 1. The van der Waals surface area contributed by atoms with Crippen molar-refractivity contribution in [3.8, 4) is 6.07 Å². The van der Waals surface area contributed by atoms with E-state index in [9.17, 15) is 0 Å². The minimum absolute atomic E-state index is 0.216. The molecule has 0 heterocycles. The van der Waals surface area contributed by atoms with E-state index in [2.05, 4.69) is 18.0 Å². The summed E-state index contributed by atoms with van der Waals surface area (Å²) in [4.78, 5) is 0. The van der Waals surface area contributed by atoms with Crippen LogP contribution in [0.3, 0.4) is 0 Å². The average molecular weight is 178 g/mol. The third-order valence-corrected chi connectivity index (χ3v) is 2.60. The summed E-state index contributed by atoms with van der Waals surface area (Å²) < 4.78 is 0. The van der Waals surface area contributed by atoms with Crippen molar-refractivity contribution in [2.24, 2.45) is 5.92 Å². The number of rotatable bonds is 3. The molecule has 1 saturated carbocycles. The molecule has 1 fully saturated rings. The molecule has 2 atom stereocenters. The van der Waals surface area contributed by atoms with Gasteiger partial charge in [-0.1, -0.05) is 25.0 Å². The molecule has 0 aromatic heterocycles. The van der Waals surface area contributed by atoms with Gasteiger partial charge in [0.1, 0.15) is 0 Å². The first kappa shape index (κ1) is 10.3. The molecule has 1 aliphatic rings. The van der Waals surface area contributed by atoms with Crippen LogP contribution < -0.4 is 5.32 Å². The topological polar surface area (TPSA) is 35.8 Å². The predicted octanol–water partition coefficient (Wildman–Crippen LogP) is 2.23. The zero-order valence-electron chi connectivity index (χ0n) is 8.34. The Morgan fingerprint density at radius 3 is 2.85 bits per heavy atom. The van der Waals surface area contributed by atoms with Gasteiger partial charge in [-0.05, 0) is 19.8 Å². The minimum atomic E-state index is 0.216. The van der Waals surface area contributed by atoms with E-state index in [0.29, 0.717) is 6.04 Å². The molecule has 0 radical (unpaired) electrons. The van der Waals surface area contributed by atoms with Crippen molar-refractivity contribution < 1.29 is 0 Å². The van der Waals surface area contributed by atoms with Crippen LogP contribution in [0.2, 0.25) is 0 Å². The molecule has 0 bridgehead atoms. The lowest BCUT2D eigenvalue weighted by Crippen LogP contribution is -2.38. The van der Waals surface area contributed by atoms with Gasteiger partial charge in [-0.25, -0.2) is 0 Å². The molecule has 0 saturated heterocycles. The maximum atomic E-state index is 8.91. The Bertz CT molecular complexity index is 215. The predicted molar refractivity (Wildman–Crippen MR) is 54.2 cm³/mol. The van der Waals surface area contributed by atoms with E-state index in [1.54, 1.807) is 0 Å².